The third-order valence-electron chi connectivity index (χ3n) is 3.57. The van der Waals surface area contributed by atoms with Gasteiger partial charge in [-0.2, -0.15) is 0 Å². The Kier molecular flexibility index (Phi) is 4.53. The maximum atomic E-state index is 11.0. The molecule has 2 aromatic carbocycles. The Balaban J connectivity index is 2.23. The van der Waals surface area contributed by atoms with Crippen molar-refractivity contribution < 1.29 is 4.79 Å². The zero-order valence-electron chi connectivity index (χ0n) is 11.9. The maximum absolute atomic E-state index is 11.0. The van der Waals surface area contributed by atoms with E-state index in [9.17, 15) is 4.79 Å². The molecule has 0 fully saturated rings. The van der Waals surface area contributed by atoms with Crippen molar-refractivity contribution >= 4 is 5.91 Å². The van der Waals surface area contributed by atoms with Crippen LogP contribution in [0.5, 0.6) is 0 Å². The molecule has 3 nitrogen and oxygen atoms in total. The summed E-state index contributed by atoms with van der Waals surface area (Å²) in [6.45, 7) is 2.16. The second kappa shape index (κ2) is 6.35. The van der Waals surface area contributed by atoms with Gasteiger partial charge >= 0.3 is 0 Å². The quantitative estimate of drug-likeness (QED) is 0.875. The standard InChI is InChI=1S/C17H20N2O/c1-3-16(19-2)14-8-4-12(5-9-14)13-6-10-15(11-7-13)17(18)20/h4-11,16,19H,3H2,1-2H3,(H2,18,20)/t16-/m0/s1. The average molecular weight is 268 g/mol. The van der Waals surface area contributed by atoms with Gasteiger partial charge in [-0.3, -0.25) is 4.79 Å². The minimum Gasteiger partial charge on any atom is -0.366 e. The van der Waals surface area contributed by atoms with Crippen LogP contribution in [0, 0.1) is 0 Å². The fraction of sp³-hybridized carbons (Fsp3) is 0.235. The predicted octanol–water partition coefficient (Wildman–Crippen LogP) is 3.12. The molecule has 0 spiro atoms. The van der Waals surface area contributed by atoms with Crippen molar-refractivity contribution in [2.45, 2.75) is 19.4 Å². The molecule has 0 saturated heterocycles. The summed E-state index contributed by atoms with van der Waals surface area (Å²) in [6, 6.07) is 16.2. The number of hydrogen-bond acceptors (Lipinski definition) is 2. The van der Waals surface area contributed by atoms with Crippen LogP contribution >= 0.6 is 0 Å². The Morgan fingerprint density at radius 2 is 1.55 bits per heavy atom. The Bertz CT molecular complexity index is 569. The van der Waals surface area contributed by atoms with Gasteiger partial charge in [-0.05, 0) is 42.3 Å². The summed E-state index contributed by atoms with van der Waals surface area (Å²) in [6.07, 6.45) is 1.06. The lowest BCUT2D eigenvalue weighted by atomic mass is 9.99. The number of carbonyl (C=O) groups excluding carboxylic acids is 1. The van der Waals surface area contributed by atoms with Gasteiger partial charge in [0, 0.05) is 11.6 Å². The van der Waals surface area contributed by atoms with Crippen molar-refractivity contribution in [2.24, 2.45) is 5.73 Å². The molecule has 0 heterocycles. The van der Waals surface area contributed by atoms with E-state index in [1.165, 1.54) is 5.56 Å². The van der Waals surface area contributed by atoms with E-state index in [0.29, 0.717) is 11.6 Å². The Morgan fingerprint density at radius 1 is 1.05 bits per heavy atom. The summed E-state index contributed by atoms with van der Waals surface area (Å²) in [5, 5.41) is 3.30. The number of nitrogens with two attached hydrogens (primary N) is 1. The van der Waals surface area contributed by atoms with Crippen LogP contribution < -0.4 is 11.1 Å². The second-order valence-corrected chi connectivity index (χ2v) is 4.81. The van der Waals surface area contributed by atoms with E-state index in [4.69, 9.17) is 5.73 Å². The number of benzene rings is 2. The van der Waals surface area contributed by atoms with Gasteiger partial charge in [0.1, 0.15) is 0 Å². The third kappa shape index (κ3) is 3.06. The van der Waals surface area contributed by atoms with E-state index in [-0.39, 0.29) is 0 Å². The molecule has 0 bridgehead atoms. The second-order valence-electron chi connectivity index (χ2n) is 4.81. The first-order valence-corrected chi connectivity index (χ1v) is 6.83. The maximum Gasteiger partial charge on any atom is 0.248 e. The van der Waals surface area contributed by atoms with Gasteiger partial charge in [-0.25, -0.2) is 0 Å². The zero-order chi connectivity index (χ0) is 14.5. The number of amides is 1. The number of rotatable bonds is 5. The molecule has 0 aliphatic carbocycles. The van der Waals surface area contributed by atoms with Crippen LogP contribution in [-0.2, 0) is 0 Å². The van der Waals surface area contributed by atoms with Crippen molar-refractivity contribution in [2.75, 3.05) is 7.05 Å². The highest BCUT2D eigenvalue weighted by Gasteiger charge is 2.07. The Morgan fingerprint density at radius 3 is 1.95 bits per heavy atom. The molecule has 1 atom stereocenters. The molecule has 3 N–H and O–H groups in total. The summed E-state index contributed by atoms with van der Waals surface area (Å²) < 4.78 is 0. The van der Waals surface area contributed by atoms with Crippen molar-refractivity contribution in [3.63, 3.8) is 0 Å². The van der Waals surface area contributed by atoms with Crippen LogP contribution in [0.15, 0.2) is 48.5 Å². The first-order chi connectivity index (χ1) is 9.65. The zero-order valence-corrected chi connectivity index (χ0v) is 11.9. The van der Waals surface area contributed by atoms with Crippen molar-refractivity contribution in [3.05, 3.63) is 59.7 Å². The van der Waals surface area contributed by atoms with Gasteiger partial charge in [-0.1, -0.05) is 43.3 Å². The number of nitrogens with one attached hydrogen (secondary N) is 1. The van der Waals surface area contributed by atoms with Crippen molar-refractivity contribution in [3.8, 4) is 11.1 Å². The molecule has 1 amide bonds. The average Bonchev–Trinajstić information content (AvgIpc) is 2.49. The van der Waals surface area contributed by atoms with Gasteiger partial charge in [0.05, 0.1) is 0 Å². The van der Waals surface area contributed by atoms with Crippen molar-refractivity contribution in [1.29, 1.82) is 0 Å². The van der Waals surface area contributed by atoms with Crippen LogP contribution in [0.2, 0.25) is 0 Å². The first-order valence-electron chi connectivity index (χ1n) is 6.83. The fourth-order valence-electron chi connectivity index (χ4n) is 2.34. The molecule has 2 rings (SSSR count). The highest BCUT2D eigenvalue weighted by molar-refractivity contribution is 5.93. The number of hydrogen-bond donors (Lipinski definition) is 2. The summed E-state index contributed by atoms with van der Waals surface area (Å²) >= 11 is 0. The predicted molar refractivity (Wildman–Crippen MR) is 82.5 cm³/mol. The summed E-state index contributed by atoms with van der Waals surface area (Å²) in [7, 11) is 1.98. The summed E-state index contributed by atoms with van der Waals surface area (Å²) in [5.41, 5.74) is 9.28. The summed E-state index contributed by atoms with van der Waals surface area (Å²) in [5.74, 6) is -0.397. The number of primary amides is 1. The minimum absolute atomic E-state index is 0.390. The largest absolute Gasteiger partial charge is 0.366 e. The van der Waals surface area contributed by atoms with Crippen LogP contribution in [-0.4, -0.2) is 13.0 Å². The van der Waals surface area contributed by atoms with Gasteiger partial charge in [-0.15, -0.1) is 0 Å². The lowest BCUT2D eigenvalue weighted by Gasteiger charge is -2.14. The van der Waals surface area contributed by atoms with Gasteiger partial charge in [0.25, 0.3) is 0 Å². The number of carbonyl (C=O) groups is 1. The molecule has 3 heteroatoms. The van der Waals surface area contributed by atoms with Crippen LogP contribution in [0.25, 0.3) is 11.1 Å². The van der Waals surface area contributed by atoms with Gasteiger partial charge in [0.15, 0.2) is 0 Å². The van der Waals surface area contributed by atoms with E-state index in [1.54, 1.807) is 12.1 Å². The highest BCUT2D eigenvalue weighted by atomic mass is 16.1. The molecule has 0 radical (unpaired) electrons. The molecule has 0 aliphatic heterocycles. The van der Waals surface area contributed by atoms with E-state index >= 15 is 0 Å². The van der Waals surface area contributed by atoms with Crippen LogP contribution in [0.3, 0.4) is 0 Å². The van der Waals surface area contributed by atoms with E-state index < -0.39 is 5.91 Å². The molecule has 20 heavy (non-hydrogen) atoms. The lowest BCUT2D eigenvalue weighted by molar-refractivity contribution is 0.100. The summed E-state index contributed by atoms with van der Waals surface area (Å²) in [4.78, 5) is 11.0. The lowest BCUT2D eigenvalue weighted by Crippen LogP contribution is -2.14. The molecule has 0 saturated carbocycles. The normalized spacial score (nSPS) is 12.1. The smallest absolute Gasteiger partial charge is 0.248 e. The Labute approximate surface area is 119 Å². The van der Waals surface area contributed by atoms with Gasteiger partial charge < -0.3 is 11.1 Å². The van der Waals surface area contributed by atoms with E-state index in [0.717, 1.165) is 17.5 Å². The topological polar surface area (TPSA) is 55.1 Å². The fourth-order valence-corrected chi connectivity index (χ4v) is 2.34. The molecule has 0 aromatic heterocycles. The highest BCUT2D eigenvalue weighted by Crippen LogP contribution is 2.23. The molecule has 2 aromatic rings. The molecule has 104 valence electrons. The molecule has 0 aliphatic rings. The van der Waals surface area contributed by atoms with Crippen LogP contribution in [0.4, 0.5) is 0 Å². The minimum atomic E-state index is -0.397. The van der Waals surface area contributed by atoms with Gasteiger partial charge in [0.2, 0.25) is 5.91 Å². The Hall–Kier alpha value is -2.13. The third-order valence-corrected chi connectivity index (χ3v) is 3.57. The first kappa shape index (κ1) is 14.3. The molecular weight excluding hydrogens is 248 g/mol. The van der Waals surface area contributed by atoms with Crippen molar-refractivity contribution in [1.82, 2.24) is 5.32 Å². The SMILES string of the molecule is CC[C@H](NC)c1ccc(-c2ccc(C(N)=O)cc2)cc1. The van der Waals surface area contributed by atoms with Crippen LogP contribution in [0.1, 0.15) is 35.3 Å². The molecular formula is C17H20N2O. The van der Waals surface area contributed by atoms with E-state index in [1.807, 2.05) is 19.2 Å². The van der Waals surface area contributed by atoms with E-state index in [2.05, 4.69) is 36.5 Å². The monoisotopic (exact) mass is 268 g/mol. The molecule has 0 unspecified atom stereocenters.